The third kappa shape index (κ3) is 4.21. The standard InChI is InChI=1S/C21H27N5O/c1-16-5-4-12-26(14-16)21(27)19-13-20(23-15-22-19)24-17-6-8-18(9-7-17)25-10-2-3-11-25/h6-9,13,15-16H,2-5,10-12,14H2,1H3,(H,22,23,24). The number of piperidine rings is 1. The van der Waals surface area contributed by atoms with Crippen molar-refractivity contribution in [1.29, 1.82) is 0 Å². The lowest BCUT2D eigenvalue weighted by atomic mass is 10.00. The molecule has 1 aromatic heterocycles. The number of nitrogens with one attached hydrogen (secondary N) is 1. The maximum atomic E-state index is 12.7. The molecule has 6 nitrogen and oxygen atoms in total. The summed E-state index contributed by atoms with van der Waals surface area (Å²) in [6.45, 7) is 6.09. The number of hydrogen-bond donors (Lipinski definition) is 1. The minimum absolute atomic E-state index is 0.00335. The number of carbonyl (C=O) groups is 1. The SMILES string of the molecule is CC1CCCN(C(=O)c2cc(Nc3ccc(N4CCCC4)cc3)ncn2)C1. The van der Waals surface area contributed by atoms with Gasteiger partial charge in [-0.2, -0.15) is 0 Å². The molecule has 142 valence electrons. The first-order valence-corrected chi connectivity index (χ1v) is 9.92. The molecule has 2 aliphatic heterocycles. The van der Waals surface area contributed by atoms with Crippen LogP contribution in [0.1, 0.15) is 43.1 Å². The van der Waals surface area contributed by atoms with Gasteiger partial charge in [-0.1, -0.05) is 6.92 Å². The molecule has 1 unspecified atom stereocenters. The van der Waals surface area contributed by atoms with E-state index in [-0.39, 0.29) is 5.91 Å². The van der Waals surface area contributed by atoms with Gasteiger partial charge >= 0.3 is 0 Å². The van der Waals surface area contributed by atoms with Crippen LogP contribution in [0.15, 0.2) is 36.7 Å². The van der Waals surface area contributed by atoms with Crippen molar-refractivity contribution in [2.45, 2.75) is 32.6 Å². The molecule has 1 atom stereocenters. The summed E-state index contributed by atoms with van der Waals surface area (Å²) in [6.07, 6.45) is 6.25. The summed E-state index contributed by atoms with van der Waals surface area (Å²) >= 11 is 0. The zero-order valence-corrected chi connectivity index (χ0v) is 15.9. The first kappa shape index (κ1) is 17.8. The number of amides is 1. The Kier molecular flexibility index (Phi) is 5.23. The molecular formula is C21H27N5O. The Bertz CT molecular complexity index is 785. The molecule has 0 radical (unpaired) electrons. The number of nitrogens with zero attached hydrogens (tertiary/aromatic N) is 4. The molecule has 0 saturated carbocycles. The van der Waals surface area contributed by atoms with Crippen LogP contribution in [0.25, 0.3) is 0 Å². The van der Waals surface area contributed by atoms with Gasteiger partial charge in [-0.15, -0.1) is 0 Å². The van der Waals surface area contributed by atoms with E-state index < -0.39 is 0 Å². The molecule has 1 N–H and O–H groups in total. The molecule has 6 heteroatoms. The number of hydrogen-bond acceptors (Lipinski definition) is 5. The van der Waals surface area contributed by atoms with Crippen molar-refractivity contribution < 1.29 is 4.79 Å². The zero-order valence-electron chi connectivity index (χ0n) is 15.9. The highest BCUT2D eigenvalue weighted by Gasteiger charge is 2.23. The highest BCUT2D eigenvalue weighted by molar-refractivity contribution is 5.93. The first-order chi connectivity index (χ1) is 13.2. The first-order valence-electron chi connectivity index (χ1n) is 9.92. The van der Waals surface area contributed by atoms with E-state index >= 15 is 0 Å². The fraction of sp³-hybridized carbons (Fsp3) is 0.476. The van der Waals surface area contributed by atoms with Gasteiger partial charge in [-0.25, -0.2) is 9.97 Å². The number of anilines is 3. The number of aromatic nitrogens is 2. The third-order valence-electron chi connectivity index (χ3n) is 5.44. The maximum absolute atomic E-state index is 12.7. The Morgan fingerprint density at radius 3 is 2.59 bits per heavy atom. The quantitative estimate of drug-likeness (QED) is 0.895. The monoisotopic (exact) mass is 365 g/mol. The van der Waals surface area contributed by atoms with E-state index in [1.807, 2.05) is 4.90 Å². The van der Waals surface area contributed by atoms with E-state index in [0.29, 0.717) is 17.4 Å². The number of carbonyl (C=O) groups excluding carboxylic acids is 1. The van der Waals surface area contributed by atoms with E-state index in [2.05, 4.69) is 51.4 Å². The van der Waals surface area contributed by atoms with Gasteiger partial charge in [0.05, 0.1) is 0 Å². The summed E-state index contributed by atoms with van der Waals surface area (Å²) in [4.78, 5) is 25.5. The smallest absolute Gasteiger partial charge is 0.272 e. The van der Waals surface area contributed by atoms with Gasteiger partial charge < -0.3 is 15.1 Å². The van der Waals surface area contributed by atoms with Crippen LogP contribution in [0.3, 0.4) is 0 Å². The van der Waals surface area contributed by atoms with Gasteiger partial charge in [0, 0.05) is 43.6 Å². The molecule has 0 aliphatic carbocycles. The number of likely N-dealkylation sites (tertiary alicyclic amines) is 1. The Balaban J connectivity index is 1.43. The van der Waals surface area contributed by atoms with E-state index in [1.54, 1.807) is 6.07 Å². The predicted molar refractivity (Wildman–Crippen MR) is 108 cm³/mol. The molecule has 2 saturated heterocycles. The molecule has 0 bridgehead atoms. The largest absolute Gasteiger partial charge is 0.372 e. The second-order valence-electron chi connectivity index (χ2n) is 7.65. The van der Waals surface area contributed by atoms with E-state index in [4.69, 9.17) is 0 Å². The summed E-state index contributed by atoms with van der Waals surface area (Å²) in [7, 11) is 0. The molecule has 2 aliphatic rings. The minimum atomic E-state index is -0.00335. The summed E-state index contributed by atoms with van der Waals surface area (Å²) in [5.41, 5.74) is 2.67. The second-order valence-corrected chi connectivity index (χ2v) is 7.65. The molecule has 3 heterocycles. The summed E-state index contributed by atoms with van der Waals surface area (Å²) in [6, 6.07) is 10.1. The molecule has 27 heavy (non-hydrogen) atoms. The highest BCUT2D eigenvalue weighted by Crippen LogP contribution is 2.24. The van der Waals surface area contributed by atoms with Crippen LogP contribution in [0.5, 0.6) is 0 Å². The fourth-order valence-corrected chi connectivity index (χ4v) is 3.96. The van der Waals surface area contributed by atoms with Crippen LogP contribution < -0.4 is 10.2 Å². The van der Waals surface area contributed by atoms with Crippen molar-refractivity contribution in [2.24, 2.45) is 5.92 Å². The molecule has 1 amide bonds. The van der Waals surface area contributed by atoms with Crippen LogP contribution in [-0.2, 0) is 0 Å². The topological polar surface area (TPSA) is 61.4 Å². The van der Waals surface area contributed by atoms with Gasteiger partial charge in [0.15, 0.2) is 0 Å². The van der Waals surface area contributed by atoms with Crippen LogP contribution in [0.4, 0.5) is 17.2 Å². The van der Waals surface area contributed by atoms with Gasteiger partial charge in [0.1, 0.15) is 17.8 Å². The van der Waals surface area contributed by atoms with Crippen molar-refractivity contribution in [3.05, 3.63) is 42.4 Å². The van der Waals surface area contributed by atoms with E-state index in [0.717, 1.165) is 38.3 Å². The van der Waals surface area contributed by atoms with Crippen molar-refractivity contribution in [3.8, 4) is 0 Å². The zero-order chi connectivity index (χ0) is 18.6. The van der Waals surface area contributed by atoms with Crippen LogP contribution in [-0.4, -0.2) is 47.0 Å². The molecular weight excluding hydrogens is 338 g/mol. The Labute approximate surface area is 160 Å². The molecule has 2 aromatic rings. The Hall–Kier alpha value is -2.63. The fourth-order valence-electron chi connectivity index (χ4n) is 3.96. The van der Waals surface area contributed by atoms with Crippen LogP contribution in [0, 0.1) is 5.92 Å². The van der Waals surface area contributed by atoms with Crippen molar-refractivity contribution in [3.63, 3.8) is 0 Å². The van der Waals surface area contributed by atoms with Crippen LogP contribution in [0.2, 0.25) is 0 Å². The molecule has 0 spiro atoms. The van der Waals surface area contributed by atoms with Gasteiger partial charge in [-0.3, -0.25) is 4.79 Å². The van der Waals surface area contributed by atoms with Gasteiger partial charge in [0.25, 0.3) is 5.91 Å². The Morgan fingerprint density at radius 1 is 1.07 bits per heavy atom. The number of rotatable bonds is 4. The second kappa shape index (κ2) is 7.94. The average molecular weight is 365 g/mol. The number of benzene rings is 1. The molecule has 1 aromatic carbocycles. The maximum Gasteiger partial charge on any atom is 0.272 e. The van der Waals surface area contributed by atoms with Gasteiger partial charge in [-0.05, 0) is 55.9 Å². The van der Waals surface area contributed by atoms with Crippen molar-refractivity contribution in [1.82, 2.24) is 14.9 Å². The lowest BCUT2D eigenvalue weighted by Crippen LogP contribution is -2.39. The third-order valence-corrected chi connectivity index (χ3v) is 5.44. The van der Waals surface area contributed by atoms with Gasteiger partial charge in [0.2, 0.25) is 0 Å². The predicted octanol–water partition coefficient (Wildman–Crippen LogP) is 3.69. The summed E-state index contributed by atoms with van der Waals surface area (Å²) in [5, 5.41) is 3.29. The van der Waals surface area contributed by atoms with E-state index in [1.165, 1.54) is 31.3 Å². The van der Waals surface area contributed by atoms with Crippen LogP contribution >= 0.6 is 0 Å². The molecule has 2 fully saturated rings. The minimum Gasteiger partial charge on any atom is -0.372 e. The Morgan fingerprint density at radius 2 is 1.85 bits per heavy atom. The highest BCUT2D eigenvalue weighted by atomic mass is 16.2. The van der Waals surface area contributed by atoms with Crippen molar-refractivity contribution in [2.75, 3.05) is 36.4 Å². The van der Waals surface area contributed by atoms with Crippen molar-refractivity contribution >= 4 is 23.1 Å². The summed E-state index contributed by atoms with van der Waals surface area (Å²) < 4.78 is 0. The molecule has 4 rings (SSSR count). The lowest BCUT2D eigenvalue weighted by Gasteiger charge is -2.30. The summed E-state index contributed by atoms with van der Waals surface area (Å²) in [5.74, 6) is 1.19. The van der Waals surface area contributed by atoms with E-state index in [9.17, 15) is 4.79 Å². The average Bonchev–Trinajstić information content (AvgIpc) is 3.23. The lowest BCUT2D eigenvalue weighted by molar-refractivity contribution is 0.0677. The normalized spacial score (nSPS) is 20.0.